The van der Waals surface area contributed by atoms with Gasteiger partial charge in [-0.1, -0.05) is 6.92 Å². The lowest BCUT2D eigenvalue weighted by atomic mass is 9.84. The molecule has 3 fully saturated rings. The second-order valence-corrected chi connectivity index (χ2v) is 7.12. The Labute approximate surface area is 128 Å². The molecular weight excluding hydrogens is 288 g/mol. The first-order valence-electron chi connectivity index (χ1n) is 7.55. The van der Waals surface area contributed by atoms with Gasteiger partial charge in [-0.2, -0.15) is 0 Å². The molecule has 4 atom stereocenters. The zero-order valence-corrected chi connectivity index (χ0v) is 12.7. The van der Waals surface area contributed by atoms with Crippen molar-refractivity contribution in [3.8, 4) is 0 Å². The van der Waals surface area contributed by atoms with Crippen molar-refractivity contribution in [2.24, 2.45) is 11.3 Å². The first-order chi connectivity index (χ1) is 10.2. The summed E-state index contributed by atoms with van der Waals surface area (Å²) in [6.45, 7) is 3.49. The van der Waals surface area contributed by atoms with Gasteiger partial charge >= 0.3 is 5.97 Å². The molecular formula is C15H20N2O5. The van der Waals surface area contributed by atoms with Crippen LogP contribution in [0.2, 0.25) is 0 Å². The van der Waals surface area contributed by atoms with Crippen LogP contribution in [0.4, 0.5) is 0 Å². The average Bonchev–Trinajstić information content (AvgIpc) is 3.00. The zero-order chi connectivity index (χ0) is 16.3. The van der Waals surface area contributed by atoms with Crippen molar-refractivity contribution in [1.29, 1.82) is 0 Å². The molecule has 0 bridgehead atoms. The molecule has 2 N–H and O–H groups in total. The minimum atomic E-state index is -1.10. The van der Waals surface area contributed by atoms with E-state index >= 15 is 0 Å². The summed E-state index contributed by atoms with van der Waals surface area (Å²) in [6, 6.07) is -0.615. The number of rotatable bonds is 2. The quantitative estimate of drug-likeness (QED) is 0.743. The van der Waals surface area contributed by atoms with Crippen molar-refractivity contribution in [1.82, 2.24) is 10.2 Å². The molecule has 2 aliphatic heterocycles. The van der Waals surface area contributed by atoms with Gasteiger partial charge in [0, 0.05) is 12.0 Å². The minimum absolute atomic E-state index is 0.0358. The Bertz CT molecular complexity index is 588. The van der Waals surface area contributed by atoms with Crippen molar-refractivity contribution in [3.05, 3.63) is 0 Å². The Morgan fingerprint density at radius 1 is 1.32 bits per heavy atom. The van der Waals surface area contributed by atoms with E-state index < -0.39 is 28.9 Å². The molecule has 0 aromatic carbocycles. The highest BCUT2D eigenvalue weighted by Crippen LogP contribution is 2.44. The van der Waals surface area contributed by atoms with Crippen LogP contribution in [-0.2, 0) is 19.2 Å². The number of carboxylic acids is 1. The third kappa shape index (κ3) is 1.94. The normalized spacial score (nSPS) is 40.7. The van der Waals surface area contributed by atoms with Gasteiger partial charge < -0.3 is 15.3 Å². The van der Waals surface area contributed by atoms with Gasteiger partial charge in [0.25, 0.3) is 0 Å². The lowest BCUT2D eigenvalue weighted by molar-refractivity contribution is -0.153. The van der Waals surface area contributed by atoms with Crippen LogP contribution in [0.5, 0.6) is 0 Å². The van der Waals surface area contributed by atoms with E-state index in [0.29, 0.717) is 19.3 Å². The first-order valence-corrected chi connectivity index (χ1v) is 7.55. The fourth-order valence-corrected chi connectivity index (χ4v) is 4.00. The molecule has 2 amide bonds. The maximum atomic E-state index is 12.9. The van der Waals surface area contributed by atoms with Crippen molar-refractivity contribution >= 4 is 23.6 Å². The number of nitrogens with zero attached hydrogens (tertiary/aromatic N) is 1. The van der Waals surface area contributed by atoms with Gasteiger partial charge in [-0.25, -0.2) is 0 Å². The van der Waals surface area contributed by atoms with Gasteiger partial charge in [-0.3, -0.25) is 19.2 Å². The van der Waals surface area contributed by atoms with Gasteiger partial charge in [-0.05, 0) is 32.6 Å². The van der Waals surface area contributed by atoms with Crippen LogP contribution in [0.15, 0.2) is 0 Å². The van der Waals surface area contributed by atoms with Crippen LogP contribution in [0.1, 0.15) is 39.5 Å². The molecule has 1 aliphatic carbocycles. The zero-order valence-electron chi connectivity index (χ0n) is 12.7. The summed E-state index contributed by atoms with van der Waals surface area (Å²) < 4.78 is 0. The van der Waals surface area contributed by atoms with Crippen LogP contribution in [0.3, 0.4) is 0 Å². The van der Waals surface area contributed by atoms with Crippen molar-refractivity contribution in [2.45, 2.75) is 51.1 Å². The van der Waals surface area contributed by atoms with E-state index in [0.717, 1.165) is 0 Å². The Hall–Kier alpha value is -1.92. The summed E-state index contributed by atoms with van der Waals surface area (Å²) in [4.78, 5) is 49.7. The number of amides is 2. The molecule has 1 spiro atoms. The van der Waals surface area contributed by atoms with Crippen LogP contribution in [0.25, 0.3) is 0 Å². The fourth-order valence-electron chi connectivity index (χ4n) is 4.00. The second-order valence-electron chi connectivity index (χ2n) is 7.12. The van der Waals surface area contributed by atoms with E-state index in [1.807, 2.05) is 0 Å². The summed E-state index contributed by atoms with van der Waals surface area (Å²) in [5.41, 5.74) is -1.80. The molecule has 0 aromatic heterocycles. The fraction of sp³-hybridized carbons (Fsp3) is 0.733. The maximum Gasteiger partial charge on any atom is 0.306 e. The highest BCUT2D eigenvalue weighted by atomic mass is 16.4. The van der Waals surface area contributed by atoms with Gasteiger partial charge in [0.2, 0.25) is 11.8 Å². The standard InChI is InChI=1S/C15H20N2O5/c1-8(18)14(2)6-10-11(19)16-15(13(22)17(10)7-14)4-3-9(5-15)12(20)21/h9-10H,3-7H2,1-2H3,(H,16,19)(H,20,21)/t9-,10?,14+,15+/m0/s1. The molecule has 1 saturated carbocycles. The number of carbonyl (C=O) groups excluding carboxylic acids is 3. The van der Waals surface area contributed by atoms with Gasteiger partial charge in [-0.15, -0.1) is 0 Å². The predicted octanol–water partition coefficient (Wildman–Crippen LogP) is -0.0641. The van der Waals surface area contributed by atoms with Crippen LogP contribution in [0, 0.1) is 11.3 Å². The molecule has 120 valence electrons. The van der Waals surface area contributed by atoms with Crippen molar-refractivity contribution in [2.75, 3.05) is 6.54 Å². The SMILES string of the molecule is CC(=O)[C@]1(C)CC2C(=O)N[C@@]3(CC[C@H](C(=O)O)C3)C(=O)N2C1. The molecule has 0 radical (unpaired) electrons. The summed E-state index contributed by atoms with van der Waals surface area (Å²) >= 11 is 0. The predicted molar refractivity (Wildman–Crippen MR) is 74.8 cm³/mol. The van der Waals surface area contributed by atoms with Crippen molar-refractivity contribution in [3.63, 3.8) is 0 Å². The molecule has 2 saturated heterocycles. The second kappa shape index (κ2) is 4.54. The summed E-state index contributed by atoms with van der Waals surface area (Å²) in [6.07, 6.45) is 1.18. The van der Waals surface area contributed by atoms with Gasteiger partial charge in [0.1, 0.15) is 17.4 Å². The number of carboxylic acid groups (broad SMARTS) is 1. The third-order valence-electron chi connectivity index (χ3n) is 5.59. The number of carbonyl (C=O) groups is 4. The van der Waals surface area contributed by atoms with E-state index in [1.165, 1.54) is 11.8 Å². The molecule has 3 aliphatic rings. The van der Waals surface area contributed by atoms with E-state index in [2.05, 4.69) is 5.32 Å². The summed E-state index contributed by atoms with van der Waals surface area (Å²) in [5.74, 6) is -2.08. The highest BCUT2D eigenvalue weighted by Gasteiger charge is 2.60. The minimum Gasteiger partial charge on any atom is -0.481 e. The number of Topliss-reactive ketones (excluding diaryl/α,β-unsaturated/α-hetero) is 1. The number of fused-ring (bicyclic) bond motifs is 1. The van der Waals surface area contributed by atoms with E-state index in [9.17, 15) is 19.2 Å². The summed E-state index contributed by atoms with van der Waals surface area (Å²) in [7, 11) is 0. The van der Waals surface area contributed by atoms with Gasteiger partial charge in [0.15, 0.2) is 0 Å². The topological polar surface area (TPSA) is 104 Å². The lowest BCUT2D eigenvalue weighted by Gasteiger charge is -2.41. The molecule has 7 nitrogen and oxygen atoms in total. The number of aliphatic carboxylic acids is 1. The number of hydrogen-bond acceptors (Lipinski definition) is 4. The molecule has 7 heteroatoms. The number of nitrogens with one attached hydrogen (secondary N) is 1. The molecule has 0 aromatic rings. The monoisotopic (exact) mass is 308 g/mol. The Morgan fingerprint density at radius 2 is 2.00 bits per heavy atom. The van der Waals surface area contributed by atoms with Crippen molar-refractivity contribution < 1.29 is 24.3 Å². The molecule has 2 heterocycles. The Morgan fingerprint density at radius 3 is 2.55 bits per heavy atom. The Balaban J connectivity index is 1.89. The Kier molecular flexibility index (Phi) is 3.09. The van der Waals surface area contributed by atoms with E-state index in [1.54, 1.807) is 6.92 Å². The summed E-state index contributed by atoms with van der Waals surface area (Å²) in [5, 5.41) is 11.9. The maximum absolute atomic E-state index is 12.9. The largest absolute Gasteiger partial charge is 0.481 e. The number of piperazine rings is 1. The molecule has 3 rings (SSSR count). The van der Waals surface area contributed by atoms with Gasteiger partial charge in [0.05, 0.1) is 5.92 Å². The lowest BCUT2D eigenvalue weighted by Crippen LogP contribution is -2.68. The van der Waals surface area contributed by atoms with E-state index in [-0.39, 0.29) is 30.6 Å². The van der Waals surface area contributed by atoms with E-state index in [4.69, 9.17) is 5.11 Å². The van der Waals surface area contributed by atoms with Crippen LogP contribution < -0.4 is 5.32 Å². The van der Waals surface area contributed by atoms with Crippen LogP contribution >= 0.6 is 0 Å². The molecule has 1 unspecified atom stereocenters. The molecule has 22 heavy (non-hydrogen) atoms. The number of hydrogen-bond donors (Lipinski definition) is 2. The van der Waals surface area contributed by atoms with Crippen LogP contribution in [-0.4, -0.2) is 51.7 Å². The first kappa shape index (κ1) is 15.0. The third-order valence-corrected chi connectivity index (χ3v) is 5.59. The smallest absolute Gasteiger partial charge is 0.306 e. The average molecular weight is 308 g/mol. The highest BCUT2D eigenvalue weighted by molar-refractivity contribution is 6.02. The number of ketones is 1.